The highest BCUT2D eigenvalue weighted by atomic mass is 28.2. The summed E-state index contributed by atoms with van der Waals surface area (Å²) >= 11 is 0. The van der Waals surface area contributed by atoms with Crippen LogP contribution in [0.2, 0.25) is 0 Å². The third kappa shape index (κ3) is 4.04. The Hall–Kier alpha value is -0.123. The molecule has 1 aliphatic rings. The Morgan fingerprint density at radius 2 is 2.08 bits per heavy atom. The lowest BCUT2D eigenvalue weighted by Gasteiger charge is -2.25. The minimum atomic E-state index is 0.0273. The molecule has 0 atom stereocenters. The molecule has 1 aliphatic heterocycles. The molecule has 0 N–H and O–H groups in total. The average Bonchev–Trinajstić information content (AvgIpc) is 2.05. The molecule has 0 aromatic rings. The average molecular weight is 185 g/mol. The Labute approximate surface area is 77.4 Å². The van der Waals surface area contributed by atoms with Crippen LogP contribution in [0.1, 0.15) is 13.8 Å². The van der Waals surface area contributed by atoms with Gasteiger partial charge in [-0.25, -0.2) is 0 Å². The van der Waals surface area contributed by atoms with Crippen molar-refractivity contribution in [2.75, 3.05) is 32.5 Å². The summed E-state index contributed by atoms with van der Waals surface area (Å²) in [6, 6.07) is 0. The van der Waals surface area contributed by atoms with Crippen LogP contribution < -0.4 is 0 Å². The van der Waals surface area contributed by atoms with Gasteiger partial charge >= 0.3 is 0 Å². The fraction of sp³-hybridized carbons (Fsp3) is 0.778. The molecule has 12 heavy (non-hydrogen) atoms. The van der Waals surface area contributed by atoms with E-state index in [1.54, 1.807) is 0 Å². The van der Waals surface area contributed by atoms with E-state index >= 15 is 0 Å². The monoisotopic (exact) mass is 185 g/mol. The van der Waals surface area contributed by atoms with Crippen LogP contribution in [0.4, 0.5) is 0 Å². The molecule has 1 saturated heterocycles. The Kier molecular flexibility index (Phi) is 4.57. The summed E-state index contributed by atoms with van der Waals surface area (Å²) in [5.74, 6) is 0. The minimum Gasteiger partial charge on any atom is -0.379 e. The third-order valence-corrected chi connectivity index (χ3v) is 4.10. The maximum Gasteiger partial charge on any atom is 0.0611 e. The zero-order valence-electron chi connectivity index (χ0n) is 8.18. The van der Waals surface area contributed by atoms with E-state index in [1.165, 1.54) is 11.7 Å². The topological polar surface area (TPSA) is 12.5 Å². The van der Waals surface area contributed by atoms with Crippen molar-refractivity contribution in [2.24, 2.45) is 0 Å². The fourth-order valence-corrected chi connectivity index (χ4v) is 2.88. The summed E-state index contributed by atoms with van der Waals surface area (Å²) < 4.78 is 5.29. The molecule has 1 fully saturated rings. The largest absolute Gasteiger partial charge is 0.379 e. The first-order chi connectivity index (χ1) is 5.79. The van der Waals surface area contributed by atoms with Crippen molar-refractivity contribution in [1.82, 2.24) is 4.90 Å². The number of ether oxygens (including phenoxy) is 1. The van der Waals surface area contributed by atoms with E-state index in [0.717, 1.165) is 26.3 Å². The summed E-state index contributed by atoms with van der Waals surface area (Å²) in [7, 11) is 0.0273. The summed E-state index contributed by atoms with van der Waals surface area (Å²) in [6.45, 7) is 8.53. The lowest BCUT2D eigenvalue weighted by molar-refractivity contribution is 0.0463. The number of rotatable bonds is 3. The van der Waals surface area contributed by atoms with Gasteiger partial charge in [-0.05, 0) is 20.0 Å². The van der Waals surface area contributed by atoms with E-state index < -0.39 is 0 Å². The van der Waals surface area contributed by atoms with E-state index in [2.05, 4.69) is 24.4 Å². The zero-order chi connectivity index (χ0) is 8.81. The molecule has 3 heteroatoms. The second kappa shape index (κ2) is 5.51. The van der Waals surface area contributed by atoms with Crippen molar-refractivity contribution in [3.8, 4) is 0 Å². The van der Waals surface area contributed by atoms with Gasteiger partial charge in [-0.3, -0.25) is 0 Å². The fourth-order valence-electron chi connectivity index (χ4n) is 1.36. The Morgan fingerprint density at radius 3 is 2.67 bits per heavy atom. The van der Waals surface area contributed by atoms with Crippen molar-refractivity contribution < 1.29 is 4.74 Å². The number of hydrogen-bond donors (Lipinski definition) is 0. The molecule has 1 heterocycles. The van der Waals surface area contributed by atoms with Crippen LogP contribution in [0.5, 0.6) is 0 Å². The Morgan fingerprint density at radius 1 is 1.42 bits per heavy atom. The van der Waals surface area contributed by atoms with E-state index in [-0.39, 0.29) is 9.52 Å². The second-order valence-electron chi connectivity index (χ2n) is 3.52. The van der Waals surface area contributed by atoms with E-state index in [9.17, 15) is 0 Å². The number of nitrogens with zero attached hydrogens (tertiary/aromatic N) is 1. The van der Waals surface area contributed by atoms with Crippen LogP contribution >= 0.6 is 0 Å². The van der Waals surface area contributed by atoms with Crippen LogP contribution in [0.15, 0.2) is 11.3 Å². The van der Waals surface area contributed by atoms with Crippen molar-refractivity contribution in [2.45, 2.75) is 13.8 Å². The Balaban J connectivity index is 2.09. The van der Waals surface area contributed by atoms with Gasteiger partial charge in [0.1, 0.15) is 0 Å². The van der Waals surface area contributed by atoms with E-state index in [0.29, 0.717) is 0 Å². The number of morpholine rings is 1. The first-order valence-corrected chi connectivity index (χ1v) is 6.54. The summed E-state index contributed by atoms with van der Waals surface area (Å²) in [6.07, 6.45) is 1.33. The van der Waals surface area contributed by atoms with Crippen molar-refractivity contribution in [3.63, 3.8) is 0 Å². The second-order valence-corrected chi connectivity index (χ2v) is 4.96. The standard InChI is InChI=1S/C9H19NOSi/c1-9(2)7-12-8-10-3-5-11-6-4-10/h7H,3-6,8,12H2,1-2H3. The number of hydrogen-bond acceptors (Lipinski definition) is 2. The maximum absolute atomic E-state index is 5.29. The van der Waals surface area contributed by atoms with Gasteiger partial charge in [0.2, 0.25) is 0 Å². The summed E-state index contributed by atoms with van der Waals surface area (Å²) in [4.78, 5) is 2.52. The van der Waals surface area contributed by atoms with E-state index in [1.807, 2.05) is 0 Å². The van der Waals surface area contributed by atoms with Gasteiger partial charge in [0.05, 0.1) is 22.7 Å². The van der Waals surface area contributed by atoms with Gasteiger partial charge < -0.3 is 9.64 Å². The van der Waals surface area contributed by atoms with Gasteiger partial charge in [-0.15, -0.1) is 5.70 Å². The molecule has 0 aromatic carbocycles. The molecule has 0 amide bonds. The molecule has 70 valence electrons. The molecule has 0 radical (unpaired) electrons. The van der Waals surface area contributed by atoms with Crippen LogP contribution in [0.3, 0.4) is 0 Å². The highest BCUT2D eigenvalue weighted by molar-refractivity contribution is 6.42. The highest BCUT2D eigenvalue weighted by Gasteiger charge is 2.08. The van der Waals surface area contributed by atoms with Crippen LogP contribution in [0, 0.1) is 0 Å². The quantitative estimate of drug-likeness (QED) is 0.589. The van der Waals surface area contributed by atoms with Crippen LogP contribution in [-0.4, -0.2) is 46.9 Å². The van der Waals surface area contributed by atoms with Gasteiger partial charge in [0.15, 0.2) is 0 Å². The molecule has 0 spiro atoms. The smallest absolute Gasteiger partial charge is 0.0611 e. The van der Waals surface area contributed by atoms with Gasteiger partial charge in [-0.1, -0.05) is 5.57 Å². The molecular weight excluding hydrogens is 166 g/mol. The Bertz CT molecular complexity index is 149. The maximum atomic E-state index is 5.29. The molecule has 0 unspecified atom stereocenters. The predicted molar refractivity (Wildman–Crippen MR) is 55.2 cm³/mol. The minimum absolute atomic E-state index is 0.0273. The third-order valence-electron chi connectivity index (χ3n) is 2.10. The highest BCUT2D eigenvalue weighted by Crippen LogP contribution is 1.95. The lowest BCUT2D eigenvalue weighted by Crippen LogP contribution is -2.38. The van der Waals surface area contributed by atoms with Crippen LogP contribution in [0.25, 0.3) is 0 Å². The molecular formula is C9H19NOSi. The molecule has 1 rings (SSSR count). The SMILES string of the molecule is CC(C)=C[SiH2]CN1CCOCC1. The van der Waals surface area contributed by atoms with Gasteiger partial charge in [0.25, 0.3) is 0 Å². The molecule has 2 nitrogen and oxygen atoms in total. The normalized spacial score (nSPS) is 20.2. The number of allylic oxidation sites excluding steroid dienone is 1. The van der Waals surface area contributed by atoms with E-state index in [4.69, 9.17) is 4.74 Å². The van der Waals surface area contributed by atoms with Crippen molar-refractivity contribution in [3.05, 3.63) is 11.3 Å². The first kappa shape index (κ1) is 9.96. The molecule has 0 aromatic heterocycles. The zero-order valence-corrected chi connectivity index (χ0v) is 9.59. The molecule has 0 aliphatic carbocycles. The van der Waals surface area contributed by atoms with Crippen molar-refractivity contribution in [1.29, 1.82) is 0 Å². The summed E-state index contributed by atoms with van der Waals surface area (Å²) in [5.41, 5.74) is 3.92. The molecule has 0 saturated carbocycles. The summed E-state index contributed by atoms with van der Waals surface area (Å²) in [5, 5.41) is 0. The van der Waals surface area contributed by atoms with Gasteiger partial charge in [0, 0.05) is 13.1 Å². The predicted octanol–water partition coefficient (Wildman–Crippen LogP) is 0.369. The van der Waals surface area contributed by atoms with Crippen molar-refractivity contribution >= 4 is 9.52 Å². The van der Waals surface area contributed by atoms with Crippen LogP contribution in [-0.2, 0) is 4.74 Å². The first-order valence-electron chi connectivity index (χ1n) is 4.72. The van der Waals surface area contributed by atoms with Gasteiger partial charge in [-0.2, -0.15) is 0 Å². The molecule has 0 bridgehead atoms. The lowest BCUT2D eigenvalue weighted by atomic mass is 10.4.